The van der Waals surface area contributed by atoms with Gasteiger partial charge in [-0.2, -0.15) is 0 Å². The van der Waals surface area contributed by atoms with E-state index in [0.717, 1.165) is 45.3 Å². The lowest BCUT2D eigenvalue weighted by Crippen LogP contribution is -2.59. The van der Waals surface area contributed by atoms with Gasteiger partial charge in [-0.15, -0.1) is 12.4 Å². The summed E-state index contributed by atoms with van der Waals surface area (Å²) in [6.45, 7) is 8.23. The molecule has 0 radical (unpaired) electrons. The zero-order chi connectivity index (χ0) is 11.6. The van der Waals surface area contributed by atoms with Crippen LogP contribution in [0.15, 0.2) is 0 Å². The van der Waals surface area contributed by atoms with Gasteiger partial charge in [0.15, 0.2) is 0 Å². The van der Waals surface area contributed by atoms with Crippen LogP contribution in [0.3, 0.4) is 0 Å². The summed E-state index contributed by atoms with van der Waals surface area (Å²) in [6.07, 6.45) is 3.85. The second kappa shape index (κ2) is 6.53. The Kier molecular flexibility index (Phi) is 5.27. The van der Waals surface area contributed by atoms with E-state index >= 15 is 0 Å². The van der Waals surface area contributed by atoms with Crippen molar-refractivity contribution >= 4 is 12.4 Å². The van der Waals surface area contributed by atoms with Gasteiger partial charge in [0.2, 0.25) is 0 Å². The Bertz CT molecular complexity index is 253. The second-order valence-corrected chi connectivity index (χ2v) is 5.74. The summed E-state index contributed by atoms with van der Waals surface area (Å²) in [5, 5.41) is 3.51. The van der Waals surface area contributed by atoms with E-state index in [1.54, 1.807) is 0 Å². The van der Waals surface area contributed by atoms with Gasteiger partial charge in [-0.1, -0.05) is 0 Å². The van der Waals surface area contributed by atoms with Gasteiger partial charge in [-0.3, -0.25) is 4.90 Å². The molecule has 1 N–H and O–H groups in total. The molecule has 0 aliphatic carbocycles. The summed E-state index contributed by atoms with van der Waals surface area (Å²) in [4.78, 5) is 2.65. The molecule has 3 aliphatic heterocycles. The minimum Gasteiger partial charge on any atom is -0.379 e. The van der Waals surface area contributed by atoms with Crippen LogP contribution in [0.4, 0.5) is 0 Å². The van der Waals surface area contributed by atoms with Crippen LogP contribution in [0.5, 0.6) is 0 Å². The van der Waals surface area contributed by atoms with Crippen LogP contribution >= 0.6 is 12.4 Å². The highest BCUT2D eigenvalue weighted by Crippen LogP contribution is 2.30. The molecule has 0 saturated carbocycles. The summed E-state index contributed by atoms with van der Waals surface area (Å²) < 4.78 is 11.3. The van der Waals surface area contributed by atoms with Crippen molar-refractivity contribution in [2.75, 3.05) is 52.6 Å². The SMILES string of the molecule is C1CNCC(CN2CCOCC23CCOC3)C1.Cl. The number of hydrogen-bond acceptors (Lipinski definition) is 4. The van der Waals surface area contributed by atoms with Gasteiger partial charge in [-0.25, -0.2) is 0 Å². The molecule has 106 valence electrons. The molecule has 3 rings (SSSR count). The van der Waals surface area contributed by atoms with Gasteiger partial charge < -0.3 is 14.8 Å². The third kappa shape index (κ3) is 2.99. The average Bonchev–Trinajstić information content (AvgIpc) is 2.83. The van der Waals surface area contributed by atoms with E-state index in [1.165, 1.54) is 32.5 Å². The predicted molar refractivity (Wildman–Crippen MR) is 73.4 cm³/mol. The number of halogens is 1. The molecular formula is C13H25ClN2O2. The first-order valence-electron chi connectivity index (χ1n) is 7.00. The zero-order valence-corrected chi connectivity index (χ0v) is 11.8. The van der Waals surface area contributed by atoms with E-state index in [4.69, 9.17) is 9.47 Å². The highest BCUT2D eigenvalue weighted by atomic mass is 35.5. The largest absolute Gasteiger partial charge is 0.379 e. The van der Waals surface area contributed by atoms with Gasteiger partial charge >= 0.3 is 0 Å². The van der Waals surface area contributed by atoms with Gasteiger partial charge in [-0.05, 0) is 38.3 Å². The smallest absolute Gasteiger partial charge is 0.0701 e. The Morgan fingerprint density at radius 3 is 2.78 bits per heavy atom. The predicted octanol–water partition coefficient (Wildman–Crippen LogP) is 0.899. The maximum absolute atomic E-state index is 5.69. The summed E-state index contributed by atoms with van der Waals surface area (Å²) in [5.41, 5.74) is 0.204. The summed E-state index contributed by atoms with van der Waals surface area (Å²) >= 11 is 0. The average molecular weight is 277 g/mol. The summed E-state index contributed by atoms with van der Waals surface area (Å²) in [6, 6.07) is 0. The maximum atomic E-state index is 5.69. The molecule has 3 fully saturated rings. The number of piperidine rings is 1. The molecule has 0 aromatic heterocycles. The molecule has 4 nitrogen and oxygen atoms in total. The van der Waals surface area contributed by atoms with Crippen molar-refractivity contribution in [3.8, 4) is 0 Å². The van der Waals surface area contributed by atoms with Crippen molar-refractivity contribution in [2.45, 2.75) is 24.8 Å². The molecule has 0 aromatic rings. The lowest BCUT2D eigenvalue weighted by Gasteiger charge is -2.45. The molecule has 3 saturated heterocycles. The quantitative estimate of drug-likeness (QED) is 0.813. The number of hydrogen-bond donors (Lipinski definition) is 1. The van der Waals surface area contributed by atoms with Gasteiger partial charge in [0.05, 0.1) is 25.4 Å². The molecule has 5 heteroatoms. The van der Waals surface area contributed by atoms with E-state index < -0.39 is 0 Å². The number of nitrogens with zero attached hydrogens (tertiary/aromatic N) is 1. The first kappa shape index (κ1) is 14.5. The van der Waals surface area contributed by atoms with E-state index in [-0.39, 0.29) is 17.9 Å². The fraction of sp³-hybridized carbons (Fsp3) is 1.00. The second-order valence-electron chi connectivity index (χ2n) is 5.74. The molecule has 2 atom stereocenters. The number of morpholine rings is 1. The van der Waals surface area contributed by atoms with Crippen LogP contribution in [0.1, 0.15) is 19.3 Å². The summed E-state index contributed by atoms with van der Waals surface area (Å²) in [7, 11) is 0. The molecule has 0 bridgehead atoms. The highest BCUT2D eigenvalue weighted by molar-refractivity contribution is 5.85. The van der Waals surface area contributed by atoms with Gasteiger partial charge in [0.25, 0.3) is 0 Å². The van der Waals surface area contributed by atoms with Crippen LogP contribution < -0.4 is 5.32 Å². The Morgan fingerprint density at radius 2 is 2.06 bits per heavy atom. The van der Waals surface area contributed by atoms with Crippen LogP contribution in [0.2, 0.25) is 0 Å². The molecule has 1 spiro atoms. The standard InChI is InChI=1S/C13H24N2O2.ClH/c1-2-12(8-14-4-1)9-15-5-7-17-11-13(15)3-6-16-10-13;/h12,14H,1-11H2;1H. The Morgan fingerprint density at radius 1 is 1.22 bits per heavy atom. The third-order valence-electron chi connectivity index (χ3n) is 4.51. The molecular weight excluding hydrogens is 252 g/mol. The third-order valence-corrected chi connectivity index (χ3v) is 4.51. The molecule has 0 amide bonds. The minimum absolute atomic E-state index is 0. The van der Waals surface area contributed by atoms with Crippen molar-refractivity contribution in [1.82, 2.24) is 10.2 Å². The Balaban J connectivity index is 0.00000120. The van der Waals surface area contributed by atoms with E-state index in [9.17, 15) is 0 Å². The normalized spacial score (nSPS) is 37.7. The lowest BCUT2D eigenvalue weighted by molar-refractivity contribution is -0.0772. The molecule has 18 heavy (non-hydrogen) atoms. The lowest BCUT2D eigenvalue weighted by atomic mass is 9.92. The molecule has 3 heterocycles. The minimum atomic E-state index is 0. The highest BCUT2D eigenvalue weighted by Gasteiger charge is 2.43. The Labute approximate surface area is 116 Å². The monoisotopic (exact) mass is 276 g/mol. The van der Waals surface area contributed by atoms with Crippen molar-refractivity contribution in [1.29, 1.82) is 0 Å². The van der Waals surface area contributed by atoms with Crippen LogP contribution in [0.25, 0.3) is 0 Å². The van der Waals surface area contributed by atoms with Crippen molar-refractivity contribution in [2.24, 2.45) is 5.92 Å². The zero-order valence-electron chi connectivity index (χ0n) is 11.0. The first-order chi connectivity index (χ1) is 8.39. The fourth-order valence-corrected chi connectivity index (χ4v) is 3.40. The molecule has 2 unspecified atom stereocenters. The number of ether oxygens (including phenoxy) is 2. The first-order valence-corrected chi connectivity index (χ1v) is 7.00. The van der Waals surface area contributed by atoms with Crippen molar-refractivity contribution in [3.63, 3.8) is 0 Å². The van der Waals surface area contributed by atoms with Crippen LogP contribution in [-0.4, -0.2) is 63.0 Å². The topological polar surface area (TPSA) is 33.7 Å². The number of nitrogens with one attached hydrogen (secondary N) is 1. The van der Waals surface area contributed by atoms with E-state index in [1.807, 2.05) is 0 Å². The summed E-state index contributed by atoms with van der Waals surface area (Å²) in [5.74, 6) is 0.819. The van der Waals surface area contributed by atoms with E-state index in [2.05, 4.69) is 10.2 Å². The fourth-order valence-electron chi connectivity index (χ4n) is 3.40. The van der Waals surface area contributed by atoms with Crippen LogP contribution in [-0.2, 0) is 9.47 Å². The van der Waals surface area contributed by atoms with Gasteiger partial charge in [0.1, 0.15) is 0 Å². The van der Waals surface area contributed by atoms with E-state index in [0.29, 0.717) is 0 Å². The van der Waals surface area contributed by atoms with Crippen molar-refractivity contribution in [3.05, 3.63) is 0 Å². The maximum Gasteiger partial charge on any atom is 0.0701 e. The number of rotatable bonds is 2. The van der Waals surface area contributed by atoms with Crippen molar-refractivity contribution < 1.29 is 9.47 Å². The Hall–Kier alpha value is 0.130. The van der Waals surface area contributed by atoms with Gasteiger partial charge in [0, 0.05) is 19.7 Å². The molecule has 0 aromatic carbocycles. The van der Waals surface area contributed by atoms with Crippen LogP contribution in [0, 0.1) is 5.92 Å². The molecule has 3 aliphatic rings.